The number of amides is 1. The number of carbonyl (C=O) groups excluding carboxylic acids is 1. The molecule has 0 N–H and O–H groups in total. The summed E-state index contributed by atoms with van der Waals surface area (Å²) in [6.07, 6.45) is 2.06. The standard InChI is InChI=1S/C20H22ClN5O2/c21-17-6-2-1-5-16(17)15-19(27)24-12-9-23(10-13-24)11-14-26-20(28)25-8-4-3-7-18(25)22-26/h1-8H,9-15H2. The molecule has 1 saturated heterocycles. The fourth-order valence-electron chi connectivity index (χ4n) is 3.49. The lowest BCUT2D eigenvalue weighted by Crippen LogP contribution is -2.50. The largest absolute Gasteiger partial charge is 0.350 e. The average molecular weight is 400 g/mol. The molecule has 0 radical (unpaired) electrons. The Morgan fingerprint density at radius 1 is 1.00 bits per heavy atom. The summed E-state index contributed by atoms with van der Waals surface area (Å²) in [5.74, 6) is 0.101. The molecular weight excluding hydrogens is 378 g/mol. The van der Waals surface area contributed by atoms with Crippen molar-refractivity contribution in [2.75, 3.05) is 32.7 Å². The van der Waals surface area contributed by atoms with Crippen molar-refractivity contribution < 1.29 is 4.79 Å². The van der Waals surface area contributed by atoms with Gasteiger partial charge in [-0.3, -0.25) is 14.1 Å². The van der Waals surface area contributed by atoms with Crippen LogP contribution in [-0.2, 0) is 17.8 Å². The van der Waals surface area contributed by atoms with E-state index in [0.29, 0.717) is 36.7 Å². The summed E-state index contributed by atoms with van der Waals surface area (Å²) in [4.78, 5) is 29.0. The van der Waals surface area contributed by atoms with Crippen LogP contribution in [-0.4, -0.2) is 62.6 Å². The molecule has 3 aromatic rings. The zero-order valence-corrected chi connectivity index (χ0v) is 16.3. The number of hydrogen-bond acceptors (Lipinski definition) is 4. The number of halogens is 1. The third-order valence-electron chi connectivity index (χ3n) is 5.14. The fourth-order valence-corrected chi connectivity index (χ4v) is 3.69. The minimum atomic E-state index is -0.121. The number of nitrogens with zero attached hydrogens (tertiary/aromatic N) is 5. The molecule has 1 fully saturated rings. The first-order valence-corrected chi connectivity index (χ1v) is 9.77. The molecule has 7 nitrogen and oxygen atoms in total. The van der Waals surface area contributed by atoms with Crippen LogP contribution >= 0.6 is 11.6 Å². The van der Waals surface area contributed by atoms with Crippen LogP contribution in [0.2, 0.25) is 5.02 Å². The summed E-state index contributed by atoms with van der Waals surface area (Å²) in [6.45, 7) is 4.21. The second kappa shape index (κ2) is 8.16. The van der Waals surface area contributed by atoms with Crippen molar-refractivity contribution in [2.24, 2.45) is 0 Å². The Bertz CT molecular complexity index is 1040. The molecule has 146 valence electrons. The first-order valence-electron chi connectivity index (χ1n) is 9.39. The van der Waals surface area contributed by atoms with Gasteiger partial charge in [-0.1, -0.05) is 35.9 Å². The van der Waals surface area contributed by atoms with Gasteiger partial charge in [0.2, 0.25) is 5.91 Å². The minimum Gasteiger partial charge on any atom is -0.340 e. The monoisotopic (exact) mass is 399 g/mol. The third-order valence-corrected chi connectivity index (χ3v) is 5.51. The summed E-state index contributed by atoms with van der Waals surface area (Å²) in [7, 11) is 0. The van der Waals surface area contributed by atoms with E-state index in [1.165, 1.54) is 4.68 Å². The molecule has 0 atom stereocenters. The lowest BCUT2D eigenvalue weighted by molar-refractivity contribution is -0.132. The Kier molecular flexibility index (Phi) is 5.45. The Hall–Kier alpha value is -2.64. The van der Waals surface area contributed by atoms with E-state index in [0.717, 1.165) is 25.2 Å². The molecule has 4 rings (SSSR count). The van der Waals surface area contributed by atoms with Gasteiger partial charge in [0.05, 0.1) is 13.0 Å². The third kappa shape index (κ3) is 3.95. The van der Waals surface area contributed by atoms with Crippen molar-refractivity contribution in [1.82, 2.24) is 24.0 Å². The Morgan fingerprint density at radius 2 is 1.75 bits per heavy atom. The number of rotatable bonds is 5. The topological polar surface area (TPSA) is 62.9 Å². The molecule has 2 aromatic heterocycles. The molecule has 1 aliphatic heterocycles. The SMILES string of the molecule is O=C(Cc1ccccc1Cl)N1CCN(CCn2nc3ccccn3c2=O)CC1. The predicted molar refractivity (Wildman–Crippen MR) is 108 cm³/mol. The number of fused-ring (bicyclic) bond motifs is 1. The normalized spacial score (nSPS) is 15.2. The molecule has 1 aliphatic rings. The first kappa shape index (κ1) is 18.7. The molecule has 28 heavy (non-hydrogen) atoms. The van der Waals surface area contributed by atoms with Gasteiger partial charge in [-0.15, -0.1) is 5.10 Å². The number of pyridine rings is 1. The molecule has 0 aliphatic carbocycles. The Balaban J connectivity index is 1.29. The highest BCUT2D eigenvalue weighted by Gasteiger charge is 2.21. The van der Waals surface area contributed by atoms with Crippen molar-refractivity contribution in [3.8, 4) is 0 Å². The molecule has 1 aromatic carbocycles. The van der Waals surface area contributed by atoms with E-state index in [1.54, 1.807) is 10.6 Å². The number of benzene rings is 1. The van der Waals surface area contributed by atoms with Crippen LogP contribution in [0.15, 0.2) is 53.5 Å². The van der Waals surface area contributed by atoms with E-state index >= 15 is 0 Å². The Labute approximate surface area is 167 Å². The molecule has 0 unspecified atom stereocenters. The summed E-state index contributed by atoms with van der Waals surface area (Å²) < 4.78 is 3.05. The van der Waals surface area contributed by atoms with Crippen molar-refractivity contribution in [3.05, 3.63) is 69.7 Å². The van der Waals surface area contributed by atoms with Gasteiger partial charge >= 0.3 is 5.69 Å². The lowest BCUT2D eigenvalue weighted by atomic mass is 10.1. The molecular formula is C20H22ClN5O2. The number of aromatic nitrogens is 3. The van der Waals surface area contributed by atoms with Crippen LogP contribution < -0.4 is 5.69 Å². The second-order valence-electron chi connectivity index (χ2n) is 6.93. The lowest BCUT2D eigenvalue weighted by Gasteiger charge is -2.34. The summed E-state index contributed by atoms with van der Waals surface area (Å²) in [5.41, 5.74) is 1.40. The van der Waals surface area contributed by atoms with E-state index < -0.39 is 0 Å². The maximum Gasteiger partial charge on any atom is 0.350 e. The number of piperazine rings is 1. The van der Waals surface area contributed by atoms with Crippen LogP contribution in [0.1, 0.15) is 5.56 Å². The fraction of sp³-hybridized carbons (Fsp3) is 0.350. The molecule has 1 amide bonds. The summed E-state index contributed by atoms with van der Waals surface area (Å²) in [5, 5.41) is 4.99. The molecule has 8 heteroatoms. The Morgan fingerprint density at radius 3 is 2.50 bits per heavy atom. The van der Waals surface area contributed by atoms with Crippen molar-refractivity contribution in [3.63, 3.8) is 0 Å². The van der Waals surface area contributed by atoms with Crippen LogP contribution in [0, 0.1) is 0 Å². The van der Waals surface area contributed by atoms with Crippen LogP contribution in [0.3, 0.4) is 0 Å². The van der Waals surface area contributed by atoms with Gasteiger partial charge < -0.3 is 4.90 Å². The van der Waals surface area contributed by atoms with Crippen molar-refractivity contribution in [1.29, 1.82) is 0 Å². The number of hydrogen-bond donors (Lipinski definition) is 0. The maximum atomic E-state index is 12.5. The van der Waals surface area contributed by atoms with Gasteiger partial charge in [0.25, 0.3) is 0 Å². The van der Waals surface area contributed by atoms with Gasteiger partial charge in [0, 0.05) is 43.9 Å². The quantitative estimate of drug-likeness (QED) is 0.653. The zero-order chi connectivity index (χ0) is 19.5. The summed E-state index contributed by atoms with van der Waals surface area (Å²) in [6, 6.07) is 13.0. The smallest absolute Gasteiger partial charge is 0.340 e. The predicted octanol–water partition coefficient (Wildman–Crippen LogP) is 1.54. The highest BCUT2D eigenvalue weighted by Crippen LogP contribution is 2.16. The van der Waals surface area contributed by atoms with E-state index in [4.69, 9.17) is 11.6 Å². The number of carbonyl (C=O) groups is 1. The van der Waals surface area contributed by atoms with Crippen LogP contribution in [0.4, 0.5) is 0 Å². The van der Waals surface area contributed by atoms with Gasteiger partial charge in [0.1, 0.15) is 0 Å². The minimum absolute atomic E-state index is 0.101. The van der Waals surface area contributed by atoms with Gasteiger partial charge in [-0.05, 0) is 23.8 Å². The van der Waals surface area contributed by atoms with E-state index in [9.17, 15) is 9.59 Å². The zero-order valence-electron chi connectivity index (χ0n) is 15.5. The first-order chi connectivity index (χ1) is 13.6. The van der Waals surface area contributed by atoms with Gasteiger partial charge in [-0.25, -0.2) is 9.48 Å². The van der Waals surface area contributed by atoms with Gasteiger partial charge in [-0.2, -0.15) is 0 Å². The second-order valence-corrected chi connectivity index (χ2v) is 7.33. The van der Waals surface area contributed by atoms with Gasteiger partial charge in [0.15, 0.2) is 5.65 Å². The van der Waals surface area contributed by atoms with Crippen LogP contribution in [0.25, 0.3) is 5.65 Å². The van der Waals surface area contributed by atoms with E-state index in [-0.39, 0.29) is 11.6 Å². The van der Waals surface area contributed by atoms with Crippen LogP contribution in [0.5, 0.6) is 0 Å². The summed E-state index contributed by atoms with van der Waals surface area (Å²) >= 11 is 6.16. The molecule has 3 heterocycles. The highest BCUT2D eigenvalue weighted by atomic mass is 35.5. The van der Waals surface area contributed by atoms with Crippen molar-refractivity contribution >= 4 is 23.2 Å². The maximum absolute atomic E-state index is 12.5. The average Bonchev–Trinajstić information content (AvgIpc) is 3.04. The molecule has 0 bridgehead atoms. The van der Waals surface area contributed by atoms with E-state index in [2.05, 4.69) is 10.00 Å². The molecule has 0 saturated carbocycles. The highest BCUT2D eigenvalue weighted by molar-refractivity contribution is 6.31. The van der Waals surface area contributed by atoms with E-state index in [1.807, 2.05) is 47.4 Å². The molecule has 0 spiro atoms. The van der Waals surface area contributed by atoms with Crippen molar-refractivity contribution in [2.45, 2.75) is 13.0 Å².